The molecule has 6 heteroatoms. The zero-order valence-electron chi connectivity index (χ0n) is 12.2. The van der Waals surface area contributed by atoms with E-state index in [2.05, 4.69) is 20.3 Å². The van der Waals surface area contributed by atoms with Crippen LogP contribution in [0.5, 0.6) is 0 Å². The molecular weight excluding hydrogens is 269 g/mol. The van der Waals surface area contributed by atoms with E-state index in [1.807, 2.05) is 32.9 Å². The lowest BCUT2D eigenvalue weighted by Crippen LogP contribution is -2.07. The fourth-order valence-electron chi connectivity index (χ4n) is 2.20. The first-order valence-corrected chi connectivity index (χ1v) is 6.81. The number of aromatic nitrogens is 4. The number of hydrogen-bond donors (Lipinski definition) is 1. The summed E-state index contributed by atoms with van der Waals surface area (Å²) in [6, 6.07) is 3.98. The van der Waals surface area contributed by atoms with Crippen LogP contribution in [0.3, 0.4) is 0 Å². The molecule has 3 rings (SSSR count). The highest BCUT2D eigenvalue weighted by Gasteiger charge is 2.13. The highest BCUT2D eigenvalue weighted by Crippen LogP contribution is 2.22. The van der Waals surface area contributed by atoms with Crippen molar-refractivity contribution in [1.82, 2.24) is 19.5 Å². The number of aryl methyl sites for hydroxylation is 2. The van der Waals surface area contributed by atoms with Gasteiger partial charge in [-0.15, -0.1) is 0 Å². The van der Waals surface area contributed by atoms with Crippen molar-refractivity contribution in [2.45, 2.75) is 20.8 Å². The van der Waals surface area contributed by atoms with Gasteiger partial charge in [0.2, 0.25) is 5.95 Å². The molecular formula is C15H16FN5. The maximum absolute atomic E-state index is 14.1. The number of anilines is 1. The number of imidazole rings is 1. The third-order valence-corrected chi connectivity index (χ3v) is 3.45. The van der Waals surface area contributed by atoms with Gasteiger partial charge in [-0.3, -0.25) is 4.57 Å². The molecule has 2 heterocycles. The first kappa shape index (κ1) is 13.5. The van der Waals surface area contributed by atoms with Crippen molar-refractivity contribution in [2.75, 3.05) is 11.9 Å². The van der Waals surface area contributed by atoms with Crippen molar-refractivity contribution in [3.05, 3.63) is 41.6 Å². The number of rotatable bonds is 3. The number of benzene rings is 1. The molecule has 0 aliphatic rings. The van der Waals surface area contributed by atoms with Gasteiger partial charge in [-0.05, 0) is 44.0 Å². The largest absolute Gasteiger partial charge is 0.354 e. The van der Waals surface area contributed by atoms with Gasteiger partial charge in [-0.2, -0.15) is 4.98 Å². The minimum Gasteiger partial charge on any atom is -0.354 e. The molecule has 0 bridgehead atoms. The van der Waals surface area contributed by atoms with E-state index in [1.54, 1.807) is 10.9 Å². The van der Waals surface area contributed by atoms with E-state index in [9.17, 15) is 4.39 Å². The van der Waals surface area contributed by atoms with Crippen LogP contribution in [0.2, 0.25) is 0 Å². The van der Waals surface area contributed by atoms with Crippen LogP contribution >= 0.6 is 0 Å². The molecule has 0 aliphatic carbocycles. The van der Waals surface area contributed by atoms with Crippen molar-refractivity contribution in [3.63, 3.8) is 0 Å². The summed E-state index contributed by atoms with van der Waals surface area (Å²) in [5.41, 5.74) is 3.94. The molecule has 0 amide bonds. The van der Waals surface area contributed by atoms with Gasteiger partial charge in [0, 0.05) is 6.54 Å². The maximum atomic E-state index is 14.1. The van der Waals surface area contributed by atoms with Gasteiger partial charge in [0.1, 0.15) is 6.33 Å². The molecule has 0 radical (unpaired) electrons. The van der Waals surface area contributed by atoms with Gasteiger partial charge >= 0.3 is 0 Å². The quantitative estimate of drug-likeness (QED) is 0.803. The summed E-state index contributed by atoms with van der Waals surface area (Å²) in [6.45, 7) is 6.66. The number of hydrogen-bond acceptors (Lipinski definition) is 4. The smallest absolute Gasteiger partial charge is 0.224 e. The predicted molar refractivity (Wildman–Crippen MR) is 80.3 cm³/mol. The first-order valence-electron chi connectivity index (χ1n) is 6.81. The van der Waals surface area contributed by atoms with E-state index in [0.717, 1.165) is 22.2 Å². The minimum absolute atomic E-state index is 0.201. The maximum Gasteiger partial charge on any atom is 0.224 e. The van der Waals surface area contributed by atoms with Crippen molar-refractivity contribution in [3.8, 4) is 5.82 Å². The van der Waals surface area contributed by atoms with E-state index in [-0.39, 0.29) is 5.82 Å². The standard InChI is InChI=1S/C15H16FN5/c1-4-17-15-18-7-11(16)14(20-15)21-8-19-12-5-9(2)10(3)6-13(12)21/h5-8H,4H2,1-3H3,(H,17,18,20). The average molecular weight is 285 g/mol. The van der Waals surface area contributed by atoms with Crippen LogP contribution in [0.4, 0.5) is 10.3 Å². The Morgan fingerprint density at radius 1 is 1.19 bits per heavy atom. The minimum atomic E-state index is -0.478. The predicted octanol–water partition coefficient (Wildman–Crippen LogP) is 3.00. The second-order valence-electron chi connectivity index (χ2n) is 4.94. The third kappa shape index (κ3) is 2.33. The fourth-order valence-corrected chi connectivity index (χ4v) is 2.20. The van der Waals surface area contributed by atoms with Crippen molar-refractivity contribution < 1.29 is 4.39 Å². The zero-order valence-corrected chi connectivity index (χ0v) is 12.2. The molecule has 0 atom stereocenters. The van der Waals surface area contributed by atoms with Gasteiger partial charge in [0.25, 0.3) is 0 Å². The number of fused-ring (bicyclic) bond motifs is 1. The van der Waals surface area contributed by atoms with Gasteiger partial charge < -0.3 is 5.32 Å². The third-order valence-electron chi connectivity index (χ3n) is 3.45. The summed E-state index contributed by atoms with van der Waals surface area (Å²) in [6.07, 6.45) is 2.76. The molecule has 0 saturated heterocycles. The van der Waals surface area contributed by atoms with Gasteiger partial charge in [-0.1, -0.05) is 0 Å². The monoisotopic (exact) mass is 285 g/mol. The Hall–Kier alpha value is -2.50. The van der Waals surface area contributed by atoms with Crippen LogP contribution in [-0.2, 0) is 0 Å². The summed E-state index contributed by atoms with van der Waals surface area (Å²) >= 11 is 0. The molecule has 108 valence electrons. The van der Waals surface area contributed by atoms with Crippen LogP contribution in [-0.4, -0.2) is 26.1 Å². The van der Waals surface area contributed by atoms with Gasteiger partial charge in [0.05, 0.1) is 17.2 Å². The van der Waals surface area contributed by atoms with Crippen LogP contribution < -0.4 is 5.32 Å². The Labute approximate surface area is 121 Å². The topological polar surface area (TPSA) is 55.6 Å². The van der Waals surface area contributed by atoms with Crippen LogP contribution in [0.15, 0.2) is 24.7 Å². The molecule has 5 nitrogen and oxygen atoms in total. The van der Waals surface area contributed by atoms with E-state index in [4.69, 9.17) is 0 Å². The Morgan fingerprint density at radius 3 is 2.71 bits per heavy atom. The van der Waals surface area contributed by atoms with Gasteiger partial charge in [0.15, 0.2) is 11.6 Å². The fraction of sp³-hybridized carbons (Fsp3) is 0.267. The molecule has 0 aliphatic heterocycles. The van der Waals surface area contributed by atoms with E-state index >= 15 is 0 Å². The van der Waals surface area contributed by atoms with Crippen LogP contribution in [0.1, 0.15) is 18.1 Å². The second kappa shape index (κ2) is 5.12. The molecule has 2 aromatic heterocycles. The first-order chi connectivity index (χ1) is 10.1. The van der Waals surface area contributed by atoms with Crippen LogP contribution in [0, 0.1) is 19.7 Å². The van der Waals surface area contributed by atoms with Crippen molar-refractivity contribution in [1.29, 1.82) is 0 Å². The van der Waals surface area contributed by atoms with Crippen molar-refractivity contribution in [2.24, 2.45) is 0 Å². The molecule has 1 N–H and O–H groups in total. The summed E-state index contributed by atoms with van der Waals surface area (Å²) in [5, 5.41) is 2.98. The molecule has 3 aromatic rings. The summed E-state index contributed by atoms with van der Waals surface area (Å²) in [5.74, 6) is 0.125. The highest BCUT2D eigenvalue weighted by molar-refractivity contribution is 5.79. The van der Waals surface area contributed by atoms with Gasteiger partial charge in [-0.25, -0.2) is 14.4 Å². The van der Waals surface area contributed by atoms with E-state index < -0.39 is 5.82 Å². The zero-order chi connectivity index (χ0) is 15.0. The summed E-state index contributed by atoms with van der Waals surface area (Å²) in [4.78, 5) is 12.5. The number of nitrogens with zero attached hydrogens (tertiary/aromatic N) is 4. The summed E-state index contributed by atoms with van der Waals surface area (Å²) < 4.78 is 15.7. The average Bonchev–Trinajstić information content (AvgIpc) is 2.84. The number of halogens is 1. The molecule has 21 heavy (non-hydrogen) atoms. The Balaban J connectivity index is 2.20. The lowest BCUT2D eigenvalue weighted by Gasteiger charge is -2.08. The molecule has 0 saturated carbocycles. The van der Waals surface area contributed by atoms with Crippen LogP contribution in [0.25, 0.3) is 16.9 Å². The van der Waals surface area contributed by atoms with E-state index in [1.165, 1.54) is 6.20 Å². The SMILES string of the molecule is CCNc1ncc(F)c(-n2cnc3cc(C)c(C)cc32)n1. The Morgan fingerprint density at radius 2 is 1.95 bits per heavy atom. The molecule has 0 unspecified atom stereocenters. The Kier molecular flexibility index (Phi) is 3.29. The Bertz CT molecular complexity index is 809. The molecule has 0 fully saturated rings. The molecule has 0 spiro atoms. The second-order valence-corrected chi connectivity index (χ2v) is 4.94. The number of nitrogens with one attached hydrogen (secondary N) is 1. The lowest BCUT2D eigenvalue weighted by molar-refractivity contribution is 0.603. The molecule has 1 aromatic carbocycles. The normalized spacial score (nSPS) is 11.0. The highest BCUT2D eigenvalue weighted by atomic mass is 19.1. The van der Waals surface area contributed by atoms with Crippen molar-refractivity contribution >= 4 is 17.0 Å². The summed E-state index contributed by atoms with van der Waals surface area (Å²) in [7, 11) is 0. The van der Waals surface area contributed by atoms with E-state index in [0.29, 0.717) is 12.5 Å². The lowest BCUT2D eigenvalue weighted by atomic mass is 10.1.